The van der Waals surface area contributed by atoms with Gasteiger partial charge in [-0.05, 0) is 31.1 Å². The van der Waals surface area contributed by atoms with Gasteiger partial charge in [-0.1, -0.05) is 26.7 Å². The largest absolute Gasteiger partial charge is 0.0599 e. The number of hydrogen-bond acceptors (Lipinski definition) is 0. The molecule has 1 fully saturated rings. The lowest BCUT2D eigenvalue weighted by Crippen LogP contribution is -2.04. The molecular formula is C9H17. The van der Waals surface area contributed by atoms with Gasteiger partial charge in [0.1, 0.15) is 0 Å². The SMILES string of the molecule is [CH2]C(C)(C)CCC1CC1. The van der Waals surface area contributed by atoms with Crippen molar-refractivity contribution < 1.29 is 0 Å². The lowest BCUT2D eigenvalue weighted by atomic mass is 9.89. The van der Waals surface area contributed by atoms with Crippen molar-refractivity contribution in [3.63, 3.8) is 0 Å². The van der Waals surface area contributed by atoms with E-state index in [-0.39, 0.29) is 0 Å². The van der Waals surface area contributed by atoms with E-state index in [2.05, 4.69) is 20.8 Å². The van der Waals surface area contributed by atoms with Crippen molar-refractivity contribution in [3.8, 4) is 0 Å². The summed E-state index contributed by atoms with van der Waals surface area (Å²) < 4.78 is 0. The first-order valence-electron chi connectivity index (χ1n) is 3.93. The summed E-state index contributed by atoms with van der Waals surface area (Å²) in [6.07, 6.45) is 5.68. The lowest BCUT2D eigenvalue weighted by molar-refractivity contribution is 0.403. The Kier molecular flexibility index (Phi) is 1.83. The van der Waals surface area contributed by atoms with Crippen molar-refractivity contribution in [2.24, 2.45) is 11.3 Å². The van der Waals surface area contributed by atoms with Gasteiger partial charge in [-0.2, -0.15) is 0 Å². The molecule has 0 amide bonds. The van der Waals surface area contributed by atoms with Gasteiger partial charge in [0, 0.05) is 0 Å². The van der Waals surface area contributed by atoms with Crippen LogP contribution in [0.2, 0.25) is 0 Å². The van der Waals surface area contributed by atoms with Gasteiger partial charge in [0.2, 0.25) is 0 Å². The quantitative estimate of drug-likeness (QED) is 0.544. The van der Waals surface area contributed by atoms with Crippen LogP contribution in [0.25, 0.3) is 0 Å². The van der Waals surface area contributed by atoms with Gasteiger partial charge in [0.15, 0.2) is 0 Å². The van der Waals surface area contributed by atoms with Crippen LogP contribution in [0.4, 0.5) is 0 Å². The van der Waals surface area contributed by atoms with Gasteiger partial charge in [-0.25, -0.2) is 0 Å². The molecule has 1 aliphatic carbocycles. The Morgan fingerprint density at radius 1 is 1.44 bits per heavy atom. The van der Waals surface area contributed by atoms with E-state index in [4.69, 9.17) is 0 Å². The van der Waals surface area contributed by atoms with Crippen molar-refractivity contribution in [3.05, 3.63) is 6.92 Å². The van der Waals surface area contributed by atoms with E-state index in [1.807, 2.05) is 0 Å². The van der Waals surface area contributed by atoms with Crippen molar-refractivity contribution in [1.29, 1.82) is 0 Å². The summed E-state index contributed by atoms with van der Waals surface area (Å²) >= 11 is 0. The first-order chi connectivity index (χ1) is 4.08. The highest BCUT2D eigenvalue weighted by atomic mass is 14.3. The second kappa shape index (κ2) is 2.32. The van der Waals surface area contributed by atoms with E-state index in [1.54, 1.807) is 0 Å². The van der Waals surface area contributed by atoms with E-state index in [1.165, 1.54) is 25.7 Å². The molecule has 0 nitrogen and oxygen atoms in total. The minimum Gasteiger partial charge on any atom is -0.0599 e. The molecule has 0 atom stereocenters. The van der Waals surface area contributed by atoms with Crippen LogP contribution < -0.4 is 0 Å². The monoisotopic (exact) mass is 125 g/mol. The van der Waals surface area contributed by atoms with Crippen molar-refractivity contribution in [2.75, 3.05) is 0 Å². The summed E-state index contributed by atoms with van der Waals surface area (Å²) in [5.74, 6) is 1.08. The summed E-state index contributed by atoms with van der Waals surface area (Å²) in [6, 6.07) is 0. The zero-order valence-electron chi connectivity index (χ0n) is 6.61. The smallest absolute Gasteiger partial charge is 0.0354 e. The van der Waals surface area contributed by atoms with Crippen LogP contribution in [0.1, 0.15) is 39.5 Å². The van der Waals surface area contributed by atoms with Gasteiger partial charge < -0.3 is 0 Å². The van der Waals surface area contributed by atoms with Crippen LogP contribution in [-0.2, 0) is 0 Å². The molecule has 0 saturated heterocycles. The third kappa shape index (κ3) is 3.56. The molecule has 0 aromatic carbocycles. The Bertz CT molecular complexity index is 82.7. The second-order valence-electron chi connectivity index (χ2n) is 4.15. The predicted molar refractivity (Wildman–Crippen MR) is 41.1 cm³/mol. The van der Waals surface area contributed by atoms with Gasteiger partial charge in [0.25, 0.3) is 0 Å². The molecule has 1 radical (unpaired) electrons. The molecule has 0 bridgehead atoms. The molecule has 0 heteroatoms. The van der Waals surface area contributed by atoms with Crippen LogP contribution in [0, 0.1) is 18.3 Å². The maximum absolute atomic E-state index is 4.07. The van der Waals surface area contributed by atoms with E-state index in [9.17, 15) is 0 Å². The molecule has 1 rings (SSSR count). The molecule has 0 spiro atoms. The molecule has 1 saturated carbocycles. The fourth-order valence-corrected chi connectivity index (χ4v) is 1.00. The maximum atomic E-state index is 4.07. The molecule has 9 heavy (non-hydrogen) atoms. The number of rotatable bonds is 3. The number of hydrogen-bond donors (Lipinski definition) is 0. The Morgan fingerprint density at radius 3 is 2.33 bits per heavy atom. The molecule has 53 valence electrons. The van der Waals surface area contributed by atoms with Crippen LogP contribution >= 0.6 is 0 Å². The second-order valence-corrected chi connectivity index (χ2v) is 4.15. The van der Waals surface area contributed by atoms with E-state index < -0.39 is 0 Å². The van der Waals surface area contributed by atoms with Crippen LogP contribution in [0.3, 0.4) is 0 Å². The fraction of sp³-hybridized carbons (Fsp3) is 0.889. The average molecular weight is 125 g/mol. The van der Waals surface area contributed by atoms with Gasteiger partial charge in [-0.15, -0.1) is 0 Å². The standard InChI is InChI=1S/C9H17/c1-9(2,3)7-6-8-4-5-8/h8H,1,4-7H2,2-3H3. The molecule has 0 N–H and O–H groups in total. The van der Waals surface area contributed by atoms with E-state index in [0.717, 1.165) is 5.92 Å². The third-order valence-corrected chi connectivity index (χ3v) is 1.93. The van der Waals surface area contributed by atoms with Crippen LogP contribution in [0.5, 0.6) is 0 Å². The molecule has 0 aliphatic heterocycles. The summed E-state index contributed by atoms with van der Waals surface area (Å²) in [5, 5.41) is 0. The molecule has 1 aliphatic rings. The Balaban J connectivity index is 2.03. The summed E-state index contributed by atoms with van der Waals surface area (Å²) in [5.41, 5.74) is 0.322. The highest BCUT2D eigenvalue weighted by molar-refractivity contribution is 4.78. The van der Waals surface area contributed by atoms with Gasteiger partial charge >= 0.3 is 0 Å². The molecular weight excluding hydrogens is 108 g/mol. The Morgan fingerprint density at radius 2 is 2.00 bits per heavy atom. The molecule has 0 heterocycles. The first kappa shape index (κ1) is 7.11. The molecule has 0 aromatic rings. The minimum absolute atomic E-state index is 0.322. The summed E-state index contributed by atoms with van der Waals surface area (Å²) in [7, 11) is 0. The minimum atomic E-state index is 0.322. The van der Waals surface area contributed by atoms with Crippen LogP contribution in [-0.4, -0.2) is 0 Å². The van der Waals surface area contributed by atoms with Crippen LogP contribution in [0.15, 0.2) is 0 Å². The van der Waals surface area contributed by atoms with E-state index in [0.29, 0.717) is 5.41 Å². The summed E-state index contributed by atoms with van der Waals surface area (Å²) in [4.78, 5) is 0. The zero-order valence-corrected chi connectivity index (χ0v) is 6.61. The summed E-state index contributed by atoms with van der Waals surface area (Å²) in [6.45, 7) is 8.51. The fourth-order valence-electron chi connectivity index (χ4n) is 1.00. The predicted octanol–water partition coefficient (Wildman–Crippen LogP) is 3.04. The first-order valence-corrected chi connectivity index (χ1v) is 3.93. The topological polar surface area (TPSA) is 0 Å². The highest BCUT2D eigenvalue weighted by Crippen LogP contribution is 2.36. The van der Waals surface area contributed by atoms with Gasteiger partial charge in [0.05, 0.1) is 0 Å². The molecule has 0 aromatic heterocycles. The van der Waals surface area contributed by atoms with E-state index >= 15 is 0 Å². The zero-order chi connectivity index (χ0) is 6.91. The normalized spacial score (nSPS) is 20.3. The molecule has 0 unspecified atom stereocenters. The highest BCUT2D eigenvalue weighted by Gasteiger charge is 2.23. The third-order valence-electron chi connectivity index (χ3n) is 1.93. The van der Waals surface area contributed by atoms with Crippen molar-refractivity contribution >= 4 is 0 Å². The Hall–Kier alpha value is 0. The lowest BCUT2D eigenvalue weighted by Gasteiger charge is -2.16. The van der Waals surface area contributed by atoms with Crippen molar-refractivity contribution in [1.82, 2.24) is 0 Å². The van der Waals surface area contributed by atoms with Crippen molar-refractivity contribution in [2.45, 2.75) is 39.5 Å². The maximum Gasteiger partial charge on any atom is -0.0354 e. The van der Waals surface area contributed by atoms with Gasteiger partial charge in [-0.3, -0.25) is 0 Å². The average Bonchev–Trinajstić information content (AvgIpc) is 2.38. The Labute approximate surface area is 58.7 Å².